The van der Waals surface area contributed by atoms with Crippen molar-refractivity contribution in [1.29, 1.82) is 0 Å². The van der Waals surface area contributed by atoms with Gasteiger partial charge in [-0.25, -0.2) is 0 Å². The van der Waals surface area contributed by atoms with Gasteiger partial charge in [-0.15, -0.1) is 0 Å². The zero-order valence-electron chi connectivity index (χ0n) is 12.1. The van der Waals surface area contributed by atoms with E-state index in [0.29, 0.717) is 18.3 Å². The molecule has 0 bridgehead atoms. The van der Waals surface area contributed by atoms with Gasteiger partial charge in [0.05, 0.1) is 19.4 Å². The monoisotopic (exact) mass is 295 g/mol. The number of para-hydroxylation sites is 1. The minimum Gasteiger partial charge on any atom is -0.493 e. The first-order valence-corrected chi connectivity index (χ1v) is 6.88. The Kier molecular flexibility index (Phi) is 7.60. The summed E-state index contributed by atoms with van der Waals surface area (Å²) >= 11 is 5.12. The van der Waals surface area contributed by atoms with E-state index in [2.05, 4.69) is 15.8 Å². The van der Waals surface area contributed by atoms with Crippen LogP contribution in [0.1, 0.15) is 19.4 Å². The fourth-order valence-corrected chi connectivity index (χ4v) is 1.84. The van der Waals surface area contributed by atoms with Gasteiger partial charge >= 0.3 is 0 Å². The molecule has 2 N–H and O–H groups in total. The molecular formula is C14H21N3O2S. The maximum atomic E-state index is 5.51. The van der Waals surface area contributed by atoms with Crippen LogP contribution in [0.5, 0.6) is 5.75 Å². The van der Waals surface area contributed by atoms with E-state index in [1.165, 1.54) is 0 Å². The number of methoxy groups -OCH3 is 1. The lowest BCUT2D eigenvalue weighted by Gasteiger charge is -2.13. The first-order chi connectivity index (χ1) is 9.67. The van der Waals surface area contributed by atoms with Gasteiger partial charge in [-0.2, -0.15) is 5.10 Å². The van der Waals surface area contributed by atoms with Gasteiger partial charge in [-0.05, 0) is 38.2 Å². The molecule has 0 aliphatic carbocycles. The first kappa shape index (κ1) is 16.4. The maximum Gasteiger partial charge on any atom is 0.187 e. The van der Waals surface area contributed by atoms with Gasteiger partial charge in [0.15, 0.2) is 5.11 Å². The summed E-state index contributed by atoms with van der Waals surface area (Å²) in [5.74, 6) is 0.798. The van der Waals surface area contributed by atoms with Crippen LogP contribution in [0.15, 0.2) is 29.4 Å². The van der Waals surface area contributed by atoms with Gasteiger partial charge < -0.3 is 14.8 Å². The topological polar surface area (TPSA) is 54.9 Å². The number of thiocarbonyl (C=S) groups is 1. The molecule has 0 fully saturated rings. The Morgan fingerprint density at radius 3 is 2.90 bits per heavy atom. The molecule has 0 spiro atoms. The van der Waals surface area contributed by atoms with Crippen molar-refractivity contribution in [3.63, 3.8) is 0 Å². The third-order valence-corrected chi connectivity index (χ3v) is 2.59. The summed E-state index contributed by atoms with van der Waals surface area (Å²) in [7, 11) is 1.65. The predicted molar refractivity (Wildman–Crippen MR) is 85.4 cm³/mol. The lowest BCUT2D eigenvalue weighted by atomic mass is 10.2. The standard InChI is InChI=1S/C14H21N3O2S/c1-4-19-13-8-6-5-7-12(13)9-15-17-14(20)16-11(2)10-18-3/h5-9,11H,4,10H2,1-3H3,(H2,16,17,20)/b15-9-/t11-/m1/s1. The van der Waals surface area contributed by atoms with Gasteiger partial charge in [0.1, 0.15) is 5.75 Å². The van der Waals surface area contributed by atoms with Crippen molar-refractivity contribution in [2.75, 3.05) is 20.3 Å². The molecule has 0 aromatic heterocycles. The minimum absolute atomic E-state index is 0.130. The summed E-state index contributed by atoms with van der Waals surface area (Å²) in [4.78, 5) is 0. The van der Waals surface area contributed by atoms with Gasteiger partial charge in [0.2, 0.25) is 0 Å². The Morgan fingerprint density at radius 1 is 1.45 bits per heavy atom. The number of hydrogen-bond donors (Lipinski definition) is 2. The highest BCUT2D eigenvalue weighted by molar-refractivity contribution is 7.80. The third-order valence-electron chi connectivity index (χ3n) is 2.38. The Balaban J connectivity index is 2.50. The molecule has 1 rings (SSSR count). The van der Waals surface area contributed by atoms with E-state index >= 15 is 0 Å². The molecule has 1 atom stereocenters. The number of benzene rings is 1. The van der Waals surface area contributed by atoms with E-state index in [1.54, 1.807) is 13.3 Å². The Morgan fingerprint density at radius 2 is 2.20 bits per heavy atom. The summed E-state index contributed by atoms with van der Waals surface area (Å²) in [5, 5.41) is 7.61. The highest BCUT2D eigenvalue weighted by Crippen LogP contribution is 2.15. The molecule has 110 valence electrons. The van der Waals surface area contributed by atoms with Crippen LogP contribution in [0, 0.1) is 0 Å². The first-order valence-electron chi connectivity index (χ1n) is 6.47. The molecule has 1 aromatic rings. The van der Waals surface area contributed by atoms with Crippen LogP contribution < -0.4 is 15.5 Å². The van der Waals surface area contributed by atoms with Gasteiger partial charge in [0, 0.05) is 18.7 Å². The molecule has 6 heteroatoms. The van der Waals surface area contributed by atoms with Crippen LogP contribution in [-0.2, 0) is 4.74 Å². The average Bonchev–Trinajstić information content (AvgIpc) is 2.41. The summed E-state index contributed by atoms with van der Waals surface area (Å²) in [6.45, 7) is 5.12. The van der Waals surface area contributed by atoms with Crippen molar-refractivity contribution in [2.24, 2.45) is 5.10 Å². The van der Waals surface area contributed by atoms with E-state index < -0.39 is 0 Å². The predicted octanol–water partition coefficient (Wildman–Crippen LogP) is 1.92. The summed E-state index contributed by atoms with van der Waals surface area (Å²) in [6.07, 6.45) is 1.68. The molecule has 0 saturated carbocycles. The lowest BCUT2D eigenvalue weighted by molar-refractivity contribution is 0.179. The van der Waals surface area contributed by atoms with Crippen LogP contribution in [0.2, 0.25) is 0 Å². The summed E-state index contributed by atoms with van der Waals surface area (Å²) in [5.41, 5.74) is 3.67. The SMILES string of the molecule is CCOc1ccccc1/C=N\NC(=S)N[C@H](C)COC. The number of nitrogens with one attached hydrogen (secondary N) is 2. The molecule has 5 nitrogen and oxygen atoms in total. The second kappa shape index (κ2) is 9.28. The molecular weight excluding hydrogens is 274 g/mol. The smallest absolute Gasteiger partial charge is 0.187 e. The van der Waals surface area contributed by atoms with Crippen molar-refractivity contribution in [3.8, 4) is 5.75 Å². The van der Waals surface area contributed by atoms with Crippen molar-refractivity contribution >= 4 is 23.5 Å². The van der Waals surface area contributed by atoms with E-state index in [9.17, 15) is 0 Å². The number of hydrazone groups is 1. The molecule has 1 aromatic carbocycles. The molecule has 0 unspecified atom stereocenters. The number of hydrogen-bond acceptors (Lipinski definition) is 4. The second-order valence-electron chi connectivity index (χ2n) is 4.17. The quantitative estimate of drug-likeness (QED) is 0.457. The van der Waals surface area contributed by atoms with E-state index in [0.717, 1.165) is 11.3 Å². The van der Waals surface area contributed by atoms with Crippen LogP contribution in [0.25, 0.3) is 0 Å². The fraction of sp³-hybridized carbons (Fsp3) is 0.429. The van der Waals surface area contributed by atoms with Gasteiger partial charge in [-0.3, -0.25) is 5.43 Å². The zero-order chi connectivity index (χ0) is 14.8. The van der Waals surface area contributed by atoms with Crippen LogP contribution in [0.3, 0.4) is 0 Å². The average molecular weight is 295 g/mol. The van der Waals surface area contributed by atoms with Crippen molar-refractivity contribution in [2.45, 2.75) is 19.9 Å². The Bertz CT molecular complexity index is 452. The molecule has 0 aliphatic heterocycles. The number of ether oxygens (including phenoxy) is 2. The van der Waals surface area contributed by atoms with Crippen LogP contribution in [-0.4, -0.2) is 37.7 Å². The molecule has 0 aliphatic rings. The third kappa shape index (κ3) is 5.99. The second-order valence-corrected chi connectivity index (χ2v) is 4.58. The molecule has 0 heterocycles. The molecule has 0 radical (unpaired) electrons. The Labute approximate surface area is 125 Å². The maximum absolute atomic E-state index is 5.51. The van der Waals surface area contributed by atoms with Crippen LogP contribution in [0.4, 0.5) is 0 Å². The fourth-order valence-electron chi connectivity index (χ4n) is 1.58. The Hall–Kier alpha value is -1.66. The normalized spacial score (nSPS) is 12.2. The van der Waals surface area contributed by atoms with E-state index in [4.69, 9.17) is 21.7 Å². The van der Waals surface area contributed by atoms with E-state index in [-0.39, 0.29) is 6.04 Å². The number of rotatable bonds is 7. The van der Waals surface area contributed by atoms with Gasteiger partial charge in [0.25, 0.3) is 0 Å². The van der Waals surface area contributed by atoms with E-state index in [1.807, 2.05) is 38.1 Å². The summed E-state index contributed by atoms with van der Waals surface area (Å²) < 4.78 is 10.5. The number of nitrogens with zero attached hydrogens (tertiary/aromatic N) is 1. The summed E-state index contributed by atoms with van der Waals surface area (Å²) in [6, 6.07) is 7.82. The van der Waals surface area contributed by atoms with Crippen LogP contribution >= 0.6 is 12.2 Å². The van der Waals surface area contributed by atoms with Crippen molar-refractivity contribution < 1.29 is 9.47 Å². The molecule has 0 amide bonds. The van der Waals surface area contributed by atoms with Crippen molar-refractivity contribution in [1.82, 2.24) is 10.7 Å². The highest BCUT2D eigenvalue weighted by atomic mass is 32.1. The highest BCUT2D eigenvalue weighted by Gasteiger charge is 2.02. The van der Waals surface area contributed by atoms with Gasteiger partial charge in [-0.1, -0.05) is 12.1 Å². The van der Waals surface area contributed by atoms with Crippen molar-refractivity contribution in [3.05, 3.63) is 29.8 Å². The zero-order valence-corrected chi connectivity index (χ0v) is 12.9. The largest absolute Gasteiger partial charge is 0.493 e. The molecule has 0 saturated heterocycles. The minimum atomic E-state index is 0.130. The molecule has 20 heavy (non-hydrogen) atoms. The lowest BCUT2D eigenvalue weighted by Crippen LogP contribution is -2.40.